The number of hydrogen-bond donors (Lipinski definition) is 2. The normalized spacial score (nSPS) is 17.6. The minimum Gasteiger partial charge on any atom is -0.490 e. The number of para-hydroxylation sites is 2. The minimum atomic E-state index is -1.08. The molecule has 1 aliphatic rings. The lowest BCUT2D eigenvalue weighted by molar-refractivity contribution is -0.125. The fourth-order valence-corrected chi connectivity index (χ4v) is 2.03. The molecule has 0 aliphatic heterocycles. The Bertz CT molecular complexity index is 460. The number of rotatable bonds is 7. The zero-order chi connectivity index (χ0) is 13.9. The summed E-state index contributed by atoms with van der Waals surface area (Å²) in [5, 5.41) is 0. The van der Waals surface area contributed by atoms with Crippen molar-refractivity contribution in [3.05, 3.63) is 24.3 Å². The first-order valence-electron chi connectivity index (χ1n) is 6.51. The monoisotopic (exact) mass is 264 g/mol. The molecule has 2 rings (SSSR count). The molecule has 0 saturated heterocycles. The molecule has 0 spiro atoms. The third kappa shape index (κ3) is 2.98. The molecule has 1 aromatic carbocycles. The van der Waals surface area contributed by atoms with E-state index in [1.807, 2.05) is 25.1 Å². The van der Waals surface area contributed by atoms with Crippen LogP contribution in [0.25, 0.3) is 0 Å². The number of hydrogen-bond acceptors (Lipinski definition) is 4. The van der Waals surface area contributed by atoms with Crippen LogP contribution in [-0.4, -0.2) is 24.7 Å². The van der Waals surface area contributed by atoms with Crippen molar-refractivity contribution in [1.29, 1.82) is 0 Å². The van der Waals surface area contributed by atoms with Crippen LogP contribution >= 0.6 is 0 Å². The molecule has 104 valence electrons. The highest BCUT2D eigenvalue weighted by Gasteiger charge is 2.47. The van der Waals surface area contributed by atoms with E-state index in [1.165, 1.54) is 0 Å². The lowest BCUT2D eigenvalue weighted by Gasteiger charge is -2.26. The molecule has 1 unspecified atom stereocenters. The van der Waals surface area contributed by atoms with Gasteiger partial charge in [0.25, 0.3) is 0 Å². The second kappa shape index (κ2) is 5.48. The molecule has 0 bridgehead atoms. The van der Waals surface area contributed by atoms with Gasteiger partial charge < -0.3 is 20.9 Å². The van der Waals surface area contributed by atoms with Gasteiger partial charge in [0.2, 0.25) is 5.91 Å². The summed E-state index contributed by atoms with van der Waals surface area (Å²) in [4.78, 5) is 11.5. The molecule has 1 aromatic rings. The Morgan fingerprint density at radius 1 is 1.32 bits per heavy atom. The summed E-state index contributed by atoms with van der Waals surface area (Å²) in [6, 6.07) is 7.32. The predicted octanol–water partition coefficient (Wildman–Crippen LogP) is 1.06. The maximum Gasteiger partial charge on any atom is 0.241 e. The lowest BCUT2D eigenvalue weighted by atomic mass is 9.95. The van der Waals surface area contributed by atoms with Crippen molar-refractivity contribution in [2.24, 2.45) is 17.4 Å². The van der Waals surface area contributed by atoms with Gasteiger partial charge in [0.15, 0.2) is 11.5 Å². The smallest absolute Gasteiger partial charge is 0.241 e. The highest BCUT2D eigenvalue weighted by atomic mass is 16.5. The first-order chi connectivity index (χ1) is 9.08. The van der Waals surface area contributed by atoms with E-state index >= 15 is 0 Å². The zero-order valence-corrected chi connectivity index (χ0v) is 11.1. The first kappa shape index (κ1) is 13.7. The van der Waals surface area contributed by atoms with Gasteiger partial charge in [-0.1, -0.05) is 12.1 Å². The van der Waals surface area contributed by atoms with Gasteiger partial charge >= 0.3 is 0 Å². The zero-order valence-electron chi connectivity index (χ0n) is 11.1. The van der Waals surface area contributed by atoms with Crippen molar-refractivity contribution in [2.45, 2.75) is 25.3 Å². The second-order valence-corrected chi connectivity index (χ2v) is 4.85. The van der Waals surface area contributed by atoms with Gasteiger partial charge in [-0.3, -0.25) is 4.79 Å². The van der Waals surface area contributed by atoms with Gasteiger partial charge in [-0.05, 0) is 37.8 Å². The van der Waals surface area contributed by atoms with Crippen LogP contribution in [0.1, 0.15) is 19.8 Å². The van der Waals surface area contributed by atoms with Gasteiger partial charge in [0, 0.05) is 0 Å². The number of ether oxygens (including phenoxy) is 2. The van der Waals surface area contributed by atoms with Gasteiger partial charge in [0.05, 0.1) is 6.61 Å². The molecule has 1 saturated carbocycles. The first-order valence-corrected chi connectivity index (χ1v) is 6.51. The van der Waals surface area contributed by atoms with E-state index in [4.69, 9.17) is 20.9 Å². The molecular weight excluding hydrogens is 244 g/mol. The van der Waals surface area contributed by atoms with Crippen LogP contribution in [0, 0.1) is 5.92 Å². The molecule has 1 atom stereocenters. The molecule has 0 aromatic heterocycles. The number of primary amides is 1. The van der Waals surface area contributed by atoms with Crippen molar-refractivity contribution in [2.75, 3.05) is 13.2 Å². The molecule has 1 amide bonds. The third-order valence-electron chi connectivity index (χ3n) is 3.38. The van der Waals surface area contributed by atoms with E-state index in [1.54, 1.807) is 6.07 Å². The maximum atomic E-state index is 11.5. The Hall–Kier alpha value is -1.75. The van der Waals surface area contributed by atoms with Crippen LogP contribution in [0.4, 0.5) is 0 Å². The highest BCUT2D eigenvalue weighted by molar-refractivity contribution is 5.85. The summed E-state index contributed by atoms with van der Waals surface area (Å²) in [7, 11) is 0. The van der Waals surface area contributed by atoms with Crippen LogP contribution in [-0.2, 0) is 4.79 Å². The Morgan fingerprint density at radius 2 is 1.89 bits per heavy atom. The van der Waals surface area contributed by atoms with Gasteiger partial charge in [-0.25, -0.2) is 0 Å². The molecule has 5 heteroatoms. The summed E-state index contributed by atoms with van der Waals surface area (Å²) < 4.78 is 11.1. The van der Waals surface area contributed by atoms with Crippen LogP contribution in [0.5, 0.6) is 11.5 Å². The molecule has 5 nitrogen and oxygen atoms in total. The molecule has 1 aliphatic carbocycles. The summed E-state index contributed by atoms with van der Waals surface area (Å²) in [5.41, 5.74) is 10.4. The SMILES string of the molecule is CCOc1ccccc1OCC(N)(C(N)=O)C1CC1. The Balaban J connectivity index is 2.07. The number of amides is 1. The number of carbonyl (C=O) groups excluding carboxylic acids is 1. The van der Waals surface area contributed by atoms with Gasteiger partial charge in [0.1, 0.15) is 12.1 Å². The summed E-state index contributed by atoms with van der Waals surface area (Å²) in [6.45, 7) is 2.53. The fourth-order valence-electron chi connectivity index (χ4n) is 2.03. The summed E-state index contributed by atoms with van der Waals surface area (Å²) >= 11 is 0. The summed E-state index contributed by atoms with van der Waals surface area (Å²) in [6.07, 6.45) is 1.85. The predicted molar refractivity (Wildman–Crippen MR) is 71.9 cm³/mol. The topological polar surface area (TPSA) is 87.6 Å². The van der Waals surface area contributed by atoms with Crippen LogP contribution in [0.3, 0.4) is 0 Å². The lowest BCUT2D eigenvalue weighted by Crippen LogP contribution is -2.58. The largest absolute Gasteiger partial charge is 0.490 e. The van der Waals surface area contributed by atoms with Gasteiger partial charge in [-0.2, -0.15) is 0 Å². The Labute approximate surface area is 112 Å². The van der Waals surface area contributed by atoms with E-state index in [2.05, 4.69) is 0 Å². The average molecular weight is 264 g/mol. The van der Waals surface area contributed by atoms with Crippen molar-refractivity contribution in [3.63, 3.8) is 0 Å². The quantitative estimate of drug-likeness (QED) is 0.770. The average Bonchev–Trinajstić information content (AvgIpc) is 3.22. The number of nitrogens with two attached hydrogens (primary N) is 2. The fraction of sp³-hybridized carbons (Fsp3) is 0.500. The van der Waals surface area contributed by atoms with E-state index in [0.29, 0.717) is 18.1 Å². The number of carbonyl (C=O) groups is 1. The molecule has 1 fully saturated rings. The van der Waals surface area contributed by atoms with Crippen LogP contribution in [0.2, 0.25) is 0 Å². The Kier molecular flexibility index (Phi) is 3.95. The van der Waals surface area contributed by atoms with Crippen molar-refractivity contribution in [3.8, 4) is 11.5 Å². The summed E-state index contributed by atoms with van der Waals surface area (Å²) in [5.74, 6) is 0.849. The van der Waals surface area contributed by atoms with Crippen molar-refractivity contribution < 1.29 is 14.3 Å². The Morgan fingerprint density at radius 3 is 2.37 bits per heavy atom. The molecule has 19 heavy (non-hydrogen) atoms. The molecular formula is C14H20N2O3. The van der Waals surface area contributed by atoms with E-state index < -0.39 is 11.4 Å². The molecule has 4 N–H and O–H groups in total. The van der Waals surface area contributed by atoms with Crippen LogP contribution in [0.15, 0.2) is 24.3 Å². The third-order valence-corrected chi connectivity index (χ3v) is 3.38. The van der Waals surface area contributed by atoms with Crippen LogP contribution < -0.4 is 20.9 Å². The van der Waals surface area contributed by atoms with Gasteiger partial charge in [-0.15, -0.1) is 0 Å². The van der Waals surface area contributed by atoms with E-state index in [-0.39, 0.29) is 12.5 Å². The van der Waals surface area contributed by atoms with Crippen molar-refractivity contribution >= 4 is 5.91 Å². The van der Waals surface area contributed by atoms with E-state index in [0.717, 1.165) is 12.8 Å². The highest BCUT2D eigenvalue weighted by Crippen LogP contribution is 2.39. The standard InChI is InChI=1S/C14H20N2O3/c1-2-18-11-5-3-4-6-12(11)19-9-14(16,13(15)17)10-7-8-10/h3-6,10H,2,7-9,16H2,1H3,(H2,15,17). The minimum absolute atomic E-state index is 0.0804. The molecule has 0 heterocycles. The maximum absolute atomic E-state index is 11.5. The van der Waals surface area contributed by atoms with Crippen molar-refractivity contribution in [1.82, 2.24) is 0 Å². The van der Waals surface area contributed by atoms with E-state index in [9.17, 15) is 4.79 Å². The second-order valence-electron chi connectivity index (χ2n) is 4.85. The number of benzene rings is 1. The molecule has 0 radical (unpaired) electrons.